The number of hydrogen-bond acceptors (Lipinski definition) is 5. The van der Waals surface area contributed by atoms with Crippen LogP contribution in [-0.4, -0.2) is 33.4 Å². The first-order valence-corrected chi connectivity index (χ1v) is 13.5. The van der Waals surface area contributed by atoms with Crippen molar-refractivity contribution in [1.29, 1.82) is 0 Å². The van der Waals surface area contributed by atoms with Gasteiger partial charge in [-0.1, -0.05) is 48.5 Å². The number of methoxy groups -OCH3 is 1. The number of aromatic nitrogens is 3. The van der Waals surface area contributed by atoms with E-state index < -0.39 is 11.7 Å². The van der Waals surface area contributed by atoms with Crippen molar-refractivity contribution >= 4 is 17.1 Å². The van der Waals surface area contributed by atoms with Crippen LogP contribution >= 0.6 is 0 Å². The van der Waals surface area contributed by atoms with E-state index in [9.17, 15) is 9.59 Å². The highest BCUT2D eigenvalue weighted by Crippen LogP contribution is 2.35. The molecule has 1 saturated carbocycles. The molecule has 202 valence electrons. The number of para-hydroxylation sites is 2. The van der Waals surface area contributed by atoms with E-state index in [1.165, 1.54) is 17.4 Å². The number of nitrogens with one attached hydrogen (secondary N) is 1. The summed E-state index contributed by atoms with van der Waals surface area (Å²) in [7, 11) is 1.64. The third kappa shape index (κ3) is 4.96. The zero-order valence-electron chi connectivity index (χ0n) is 22.2. The first kappa shape index (κ1) is 25.4. The molecule has 8 heteroatoms. The molecule has 0 atom stereocenters. The van der Waals surface area contributed by atoms with E-state index in [-0.39, 0.29) is 6.10 Å². The summed E-state index contributed by atoms with van der Waals surface area (Å²) in [5.41, 5.74) is 3.37. The van der Waals surface area contributed by atoms with Crippen LogP contribution in [0, 0.1) is 0 Å². The molecule has 1 aliphatic carbocycles. The van der Waals surface area contributed by atoms with E-state index in [0.717, 1.165) is 39.8 Å². The van der Waals surface area contributed by atoms with Gasteiger partial charge in [0, 0.05) is 18.3 Å². The lowest BCUT2D eigenvalue weighted by atomic mass is 10.1. The van der Waals surface area contributed by atoms with Gasteiger partial charge in [-0.15, -0.1) is 0 Å². The molecule has 1 fully saturated rings. The number of nitrogens with zero attached hydrogens (tertiary/aromatic N) is 3. The number of fused-ring (bicyclic) bond motifs is 1. The fourth-order valence-electron chi connectivity index (χ4n) is 5.24. The third-order valence-electron chi connectivity index (χ3n) is 7.31. The summed E-state index contributed by atoms with van der Waals surface area (Å²) >= 11 is 0. The summed E-state index contributed by atoms with van der Waals surface area (Å²) in [6.45, 7) is 0.312. The molecule has 0 unspecified atom stereocenters. The second kappa shape index (κ2) is 11.1. The fraction of sp³-hybridized carbons (Fsp3) is 0.219. The molecule has 2 aromatic heterocycles. The van der Waals surface area contributed by atoms with Crippen LogP contribution in [-0.2, 0) is 6.54 Å². The topological polar surface area (TPSA) is 87.4 Å². The van der Waals surface area contributed by atoms with E-state index >= 15 is 0 Å². The molecule has 0 bridgehead atoms. The molecule has 6 rings (SSSR count). The minimum atomic E-state index is -0.492. The number of benzene rings is 3. The molecular weight excluding hydrogens is 504 g/mol. The first-order valence-electron chi connectivity index (χ1n) is 13.5. The standard InChI is InChI=1S/C32H30N4O4/c1-39-28-17-15-23(19-29(28)40-25-11-5-6-12-25)24-16-18-30(33-21-24)35-26-13-7-8-14-27(26)36(32(35)38)31(37)34-20-22-9-3-2-4-10-22/h2-4,7-10,13-19,21,25H,5-6,11-12,20H2,1H3,(H,34,37). The van der Waals surface area contributed by atoms with Gasteiger partial charge in [-0.25, -0.2) is 23.7 Å². The van der Waals surface area contributed by atoms with E-state index in [4.69, 9.17) is 9.47 Å². The van der Waals surface area contributed by atoms with Crippen LogP contribution in [0.15, 0.2) is 95.9 Å². The highest BCUT2D eigenvalue weighted by molar-refractivity contribution is 5.90. The number of ether oxygens (including phenoxy) is 2. The maximum absolute atomic E-state index is 13.6. The van der Waals surface area contributed by atoms with Gasteiger partial charge in [0.2, 0.25) is 0 Å². The van der Waals surface area contributed by atoms with Crippen molar-refractivity contribution in [2.45, 2.75) is 38.3 Å². The van der Waals surface area contributed by atoms with Crippen LogP contribution in [0.2, 0.25) is 0 Å². The molecule has 0 saturated heterocycles. The van der Waals surface area contributed by atoms with Gasteiger partial charge >= 0.3 is 11.7 Å². The van der Waals surface area contributed by atoms with Crippen molar-refractivity contribution in [3.05, 3.63) is 107 Å². The number of carbonyl (C=O) groups is 1. The SMILES string of the molecule is COc1ccc(-c2ccc(-n3c(=O)n(C(=O)NCc4ccccc4)c4ccccc43)nc2)cc1OC1CCCC1. The minimum Gasteiger partial charge on any atom is -0.493 e. The summed E-state index contributed by atoms with van der Waals surface area (Å²) in [6.07, 6.45) is 6.40. The predicted molar refractivity (Wildman–Crippen MR) is 154 cm³/mol. The Morgan fingerprint density at radius 3 is 2.35 bits per heavy atom. The molecule has 1 N–H and O–H groups in total. The molecule has 40 heavy (non-hydrogen) atoms. The summed E-state index contributed by atoms with van der Waals surface area (Å²) < 4.78 is 14.4. The Morgan fingerprint density at radius 1 is 0.900 bits per heavy atom. The maximum Gasteiger partial charge on any atom is 0.343 e. The van der Waals surface area contributed by atoms with Crippen molar-refractivity contribution < 1.29 is 14.3 Å². The summed E-state index contributed by atoms with van der Waals surface area (Å²) in [5.74, 6) is 1.84. The van der Waals surface area contributed by atoms with E-state index in [1.807, 2.05) is 66.7 Å². The highest BCUT2D eigenvalue weighted by atomic mass is 16.5. The number of pyridine rings is 1. The largest absolute Gasteiger partial charge is 0.493 e. The zero-order valence-corrected chi connectivity index (χ0v) is 22.2. The van der Waals surface area contributed by atoms with Gasteiger partial charge in [-0.2, -0.15) is 0 Å². The zero-order chi connectivity index (χ0) is 27.5. The molecule has 5 aromatic rings. The quantitative estimate of drug-likeness (QED) is 0.279. The van der Waals surface area contributed by atoms with Crippen LogP contribution in [0.3, 0.4) is 0 Å². The molecule has 1 amide bonds. The van der Waals surface area contributed by atoms with Gasteiger partial charge in [0.05, 0.1) is 24.2 Å². The van der Waals surface area contributed by atoms with E-state index in [0.29, 0.717) is 29.1 Å². The lowest BCUT2D eigenvalue weighted by Crippen LogP contribution is -2.36. The Labute approximate surface area is 231 Å². The molecular formula is C32H30N4O4. The Hall–Kier alpha value is -4.85. The molecule has 0 aliphatic heterocycles. The van der Waals surface area contributed by atoms with Crippen molar-refractivity contribution in [3.8, 4) is 28.4 Å². The second-order valence-corrected chi connectivity index (χ2v) is 9.88. The maximum atomic E-state index is 13.6. The third-order valence-corrected chi connectivity index (χ3v) is 7.31. The lowest BCUT2D eigenvalue weighted by molar-refractivity contribution is 0.201. The van der Waals surface area contributed by atoms with Crippen molar-refractivity contribution in [2.24, 2.45) is 0 Å². The Balaban J connectivity index is 1.30. The normalized spacial score (nSPS) is 13.4. The van der Waals surface area contributed by atoms with Crippen molar-refractivity contribution in [2.75, 3.05) is 7.11 Å². The van der Waals surface area contributed by atoms with Crippen LogP contribution in [0.4, 0.5) is 4.79 Å². The van der Waals surface area contributed by atoms with Crippen LogP contribution < -0.4 is 20.5 Å². The molecule has 8 nitrogen and oxygen atoms in total. The predicted octanol–water partition coefficient (Wildman–Crippen LogP) is 5.94. The van der Waals surface area contributed by atoms with Crippen LogP contribution in [0.5, 0.6) is 11.5 Å². The number of imidazole rings is 1. The summed E-state index contributed by atoms with van der Waals surface area (Å²) in [5, 5.41) is 2.85. The monoisotopic (exact) mass is 534 g/mol. The van der Waals surface area contributed by atoms with E-state index in [2.05, 4.69) is 10.3 Å². The Bertz CT molecular complexity index is 1700. The Morgan fingerprint density at radius 2 is 1.62 bits per heavy atom. The minimum absolute atomic E-state index is 0.207. The van der Waals surface area contributed by atoms with Crippen molar-refractivity contribution in [1.82, 2.24) is 19.4 Å². The summed E-state index contributed by atoms with van der Waals surface area (Å²) in [4.78, 5) is 31.3. The Kier molecular flexibility index (Phi) is 7.06. The van der Waals surface area contributed by atoms with Gasteiger partial charge < -0.3 is 14.8 Å². The van der Waals surface area contributed by atoms with Crippen LogP contribution in [0.25, 0.3) is 28.0 Å². The van der Waals surface area contributed by atoms with Gasteiger partial charge in [0.1, 0.15) is 5.82 Å². The van der Waals surface area contributed by atoms with Crippen molar-refractivity contribution in [3.63, 3.8) is 0 Å². The molecule has 3 aromatic carbocycles. The second-order valence-electron chi connectivity index (χ2n) is 9.88. The molecule has 0 radical (unpaired) electrons. The average Bonchev–Trinajstić information content (AvgIpc) is 3.61. The van der Waals surface area contributed by atoms with E-state index in [1.54, 1.807) is 31.5 Å². The lowest BCUT2D eigenvalue weighted by Gasteiger charge is -2.17. The molecule has 1 aliphatic rings. The smallest absolute Gasteiger partial charge is 0.343 e. The first-order chi connectivity index (χ1) is 19.6. The number of amides is 1. The molecule has 2 heterocycles. The fourth-order valence-corrected chi connectivity index (χ4v) is 5.24. The van der Waals surface area contributed by atoms with Gasteiger partial charge in [0.25, 0.3) is 0 Å². The average molecular weight is 535 g/mol. The highest BCUT2D eigenvalue weighted by Gasteiger charge is 2.21. The number of hydrogen-bond donors (Lipinski definition) is 1. The van der Waals surface area contributed by atoms with Gasteiger partial charge in [-0.05, 0) is 73.2 Å². The molecule has 0 spiro atoms. The number of carbonyl (C=O) groups excluding carboxylic acids is 1. The van der Waals surface area contributed by atoms with Gasteiger partial charge in [0.15, 0.2) is 11.5 Å². The van der Waals surface area contributed by atoms with Crippen LogP contribution in [0.1, 0.15) is 31.2 Å². The summed E-state index contributed by atoms with van der Waals surface area (Å²) in [6, 6.07) is 25.8. The number of rotatable bonds is 7. The van der Waals surface area contributed by atoms with Gasteiger partial charge in [-0.3, -0.25) is 0 Å².